The molecule has 1 atom stereocenters. The summed E-state index contributed by atoms with van der Waals surface area (Å²) in [6, 6.07) is 5.44. The van der Waals surface area contributed by atoms with Gasteiger partial charge in [-0.3, -0.25) is 4.79 Å². The number of thioether (sulfide) groups is 1. The number of anilines is 1. The first-order chi connectivity index (χ1) is 14.7. The lowest BCUT2D eigenvalue weighted by Crippen LogP contribution is -2.23. The minimum absolute atomic E-state index is 0.0935. The molecule has 1 amide bonds. The maximum absolute atomic E-state index is 12.8. The largest absolute Gasteiger partial charge is 0.486 e. The van der Waals surface area contributed by atoms with E-state index < -0.39 is 0 Å². The van der Waals surface area contributed by atoms with E-state index in [1.165, 1.54) is 31.0 Å². The van der Waals surface area contributed by atoms with Gasteiger partial charge in [0.1, 0.15) is 19.0 Å². The third-order valence-corrected chi connectivity index (χ3v) is 6.57. The topological polar surface area (TPSA) is 78.3 Å². The second kappa shape index (κ2) is 9.55. The van der Waals surface area contributed by atoms with E-state index in [1.54, 1.807) is 6.07 Å². The second-order valence-electron chi connectivity index (χ2n) is 7.68. The molecule has 1 aromatic carbocycles. The Hall–Kier alpha value is -2.48. The molecule has 0 saturated heterocycles. The van der Waals surface area contributed by atoms with Crippen molar-refractivity contribution >= 4 is 23.4 Å². The summed E-state index contributed by atoms with van der Waals surface area (Å²) >= 11 is 1.42. The van der Waals surface area contributed by atoms with Gasteiger partial charge in [0.05, 0.1) is 5.25 Å². The van der Waals surface area contributed by atoms with Crippen LogP contribution in [0.15, 0.2) is 36.0 Å². The third kappa shape index (κ3) is 4.64. The summed E-state index contributed by atoms with van der Waals surface area (Å²) in [4.78, 5) is 12.8. The third-order valence-electron chi connectivity index (χ3n) is 5.49. The molecule has 2 heterocycles. The summed E-state index contributed by atoms with van der Waals surface area (Å²) in [5.74, 6) is 2.74. The Labute approximate surface area is 181 Å². The summed E-state index contributed by atoms with van der Waals surface area (Å²) < 4.78 is 13.2. The van der Waals surface area contributed by atoms with Crippen LogP contribution < -0.4 is 14.8 Å². The van der Waals surface area contributed by atoms with Gasteiger partial charge in [0.25, 0.3) is 0 Å². The van der Waals surface area contributed by atoms with Gasteiger partial charge in [0.15, 0.2) is 16.7 Å². The molecule has 7 nitrogen and oxygen atoms in total. The molecule has 0 radical (unpaired) electrons. The molecule has 4 rings (SSSR count). The SMILES string of the molecule is C=CCn1c(S[C@H](C)C(=O)Nc2ccc3c(c2)OCCO3)nnc1C1CCCCC1. The van der Waals surface area contributed by atoms with Gasteiger partial charge >= 0.3 is 0 Å². The van der Waals surface area contributed by atoms with E-state index in [0.29, 0.717) is 42.9 Å². The Morgan fingerprint density at radius 2 is 2.03 bits per heavy atom. The number of nitrogens with one attached hydrogen (secondary N) is 1. The van der Waals surface area contributed by atoms with Crippen LogP contribution in [0.4, 0.5) is 5.69 Å². The van der Waals surface area contributed by atoms with Crippen LogP contribution >= 0.6 is 11.8 Å². The van der Waals surface area contributed by atoms with Crippen LogP contribution in [-0.4, -0.2) is 39.1 Å². The van der Waals surface area contributed by atoms with Crippen molar-refractivity contribution in [2.45, 2.75) is 61.9 Å². The number of carbonyl (C=O) groups excluding carboxylic acids is 1. The molecule has 30 heavy (non-hydrogen) atoms. The van der Waals surface area contributed by atoms with Crippen molar-refractivity contribution in [2.24, 2.45) is 0 Å². The average Bonchev–Trinajstić information content (AvgIpc) is 3.16. The summed E-state index contributed by atoms with van der Waals surface area (Å²) in [6.45, 7) is 7.47. The first-order valence-electron chi connectivity index (χ1n) is 10.6. The molecule has 1 saturated carbocycles. The Morgan fingerprint density at radius 1 is 1.27 bits per heavy atom. The number of carbonyl (C=O) groups is 1. The lowest BCUT2D eigenvalue weighted by atomic mass is 9.89. The van der Waals surface area contributed by atoms with E-state index in [2.05, 4.69) is 26.7 Å². The highest BCUT2D eigenvalue weighted by atomic mass is 32.2. The molecule has 1 aliphatic heterocycles. The predicted molar refractivity (Wildman–Crippen MR) is 117 cm³/mol. The summed E-state index contributed by atoms with van der Waals surface area (Å²) in [5.41, 5.74) is 0.687. The summed E-state index contributed by atoms with van der Waals surface area (Å²) in [7, 11) is 0. The fourth-order valence-electron chi connectivity index (χ4n) is 3.93. The maximum atomic E-state index is 12.8. The fraction of sp³-hybridized carbons (Fsp3) is 0.500. The zero-order chi connectivity index (χ0) is 20.9. The standard InChI is InChI=1S/C22H28N4O3S/c1-3-11-26-20(16-7-5-4-6-8-16)24-25-22(26)30-15(2)21(27)23-17-9-10-18-19(14-17)29-13-12-28-18/h3,9-10,14-16H,1,4-8,11-13H2,2H3,(H,23,27)/t15-/m1/s1. The smallest absolute Gasteiger partial charge is 0.237 e. The molecular weight excluding hydrogens is 400 g/mol. The van der Waals surface area contributed by atoms with Crippen LogP contribution in [0, 0.1) is 0 Å². The molecule has 0 spiro atoms. The number of hydrogen-bond donors (Lipinski definition) is 1. The number of rotatable bonds is 7. The van der Waals surface area contributed by atoms with E-state index in [9.17, 15) is 4.79 Å². The normalized spacial score (nSPS) is 17.4. The lowest BCUT2D eigenvalue weighted by molar-refractivity contribution is -0.115. The molecule has 160 valence electrons. The Morgan fingerprint density at radius 3 is 2.80 bits per heavy atom. The number of allylic oxidation sites excluding steroid dienone is 1. The van der Waals surface area contributed by atoms with Gasteiger partial charge in [-0.1, -0.05) is 37.1 Å². The Bertz CT molecular complexity index is 908. The first-order valence-corrected chi connectivity index (χ1v) is 11.4. The zero-order valence-electron chi connectivity index (χ0n) is 17.3. The molecule has 0 unspecified atom stereocenters. The average molecular weight is 429 g/mol. The number of fused-ring (bicyclic) bond motifs is 1. The van der Waals surface area contributed by atoms with Gasteiger partial charge < -0.3 is 19.4 Å². The van der Waals surface area contributed by atoms with Crippen molar-refractivity contribution in [2.75, 3.05) is 18.5 Å². The molecular formula is C22H28N4O3S. The van der Waals surface area contributed by atoms with Gasteiger partial charge in [-0.15, -0.1) is 16.8 Å². The molecule has 0 bridgehead atoms. The van der Waals surface area contributed by atoms with Crippen molar-refractivity contribution in [1.82, 2.24) is 14.8 Å². The molecule has 1 fully saturated rings. The molecule has 2 aliphatic rings. The highest BCUT2D eigenvalue weighted by Gasteiger charge is 2.25. The number of nitrogens with zero attached hydrogens (tertiary/aromatic N) is 3. The van der Waals surface area contributed by atoms with Crippen LogP contribution in [0.25, 0.3) is 0 Å². The van der Waals surface area contributed by atoms with Crippen LogP contribution in [0.1, 0.15) is 50.8 Å². The van der Waals surface area contributed by atoms with Crippen molar-refractivity contribution in [3.8, 4) is 11.5 Å². The number of ether oxygens (including phenoxy) is 2. The fourth-order valence-corrected chi connectivity index (χ4v) is 4.79. The number of aromatic nitrogens is 3. The molecule has 8 heteroatoms. The minimum atomic E-state index is -0.329. The summed E-state index contributed by atoms with van der Waals surface area (Å²) in [6.07, 6.45) is 7.94. The number of hydrogen-bond acceptors (Lipinski definition) is 6. The number of benzene rings is 1. The van der Waals surface area contributed by atoms with Crippen LogP contribution in [0.5, 0.6) is 11.5 Å². The van der Waals surface area contributed by atoms with E-state index in [1.807, 2.05) is 25.1 Å². The van der Waals surface area contributed by atoms with Crippen molar-refractivity contribution in [3.05, 3.63) is 36.7 Å². The predicted octanol–water partition coefficient (Wildman–Crippen LogP) is 4.40. The van der Waals surface area contributed by atoms with Gasteiger partial charge in [0, 0.05) is 24.2 Å². The quantitative estimate of drug-likeness (QED) is 0.520. The lowest BCUT2D eigenvalue weighted by Gasteiger charge is -2.21. The van der Waals surface area contributed by atoms with Crippen LogP contribution in [0.2, 0.25) is 0 Å². The molecule has 1 aromatic heterocycles. The van der Waals surface area contributed by atoms with Gasteiger partial charge in [0.2, 0.25) is 5.91 Å². The summed E-state index contributed by atoms with van der Waals surface area (Å²) in [5, 5.41) is 12.3. The monoisotopic (exact) mass is 428 g/mol. The molecule has 2 aromatic rings. The minimum Gasteiger partial charge on any atom is -0.486 e. The van der Waals surface area contributed by atoms with Crippen molar-refractivity contribution in [1.29, 1.82) is 0 Å². The highest BCUT2D eigenvalue weighted by Crippen LogP contribution is 2.35. The maximum Gasteiger partial charge on any atom is 0.237 e. The van der Waals surface area contributed by atoms with Crippen LogP contribution in [-0.2, 0) is 11.3 Å². The second-order valence-corrected chi connectivity index (χ2v) is 8.99. The van der Waals surface area contributed by atoms with E-state index in [-0.39, 0.29) is 11.2 Å². The van der Waals surface area contributed by atoms with Crippen molar-refractivity contribution in [3.63, 3.8) is 0 Å². The zero-order valence-corrected chi connectivity index (χ0v) is 18.1. The van der Waals surface area contributed by atoms with E-state index in [0.717, 1.165) is 23.8 Å². The first kappa shape index (κ1) is 20.8. The van der Waals surface area contributed by atoms with Gasteiger partial charge in [-0.05, 0) is 31.9 Å². The number of amides is 1. The molecule has 1 N–H and O–H groups in total. The van der Waals surface area contributed by atoms with Gasteiger partial charge in [-0.25, -0.2) is 0 Å². The van der Waals surface area contributed by atoms with E-state index >= 15 is 0 Å². The van der Waals surface area contributed by atoms with Crippen molar-refractivity contribution < 1.29 is 14.3 Å². The highest BCUT2D eigenvalue weighted by molar-refractivity contribution is 8.00. The Kier molecular flexibility index (Phi) is 6.62. The molecule has 1 aliphatic carbocycles. The Balaban J connectivity index is 1.43. The van der Waals surface area contributed by atoms with Crippen LogP contribution in [0.3, 0.4) is 0 Å². The van der Waals surface area contributed by atoms with Gasteiger partial charge in [-0.2, -0.15) is 0 Å². The van der Waals surface area contributed by atoms with E-state index in [4.69, 9.17) is 9.47 Å².